The highest BCUT2D eigenvalue weighted by Crippen LogP contribution is 2.11. The minimum absolute atomic E-state index is 0.568. The van der Waals surface area contributed by atoms with Crippen molar-refractivity contribution in [3.05, 3.63) is 12.4 Å². The first-order valence-electron chi connectivity index (χ1n) is 6.51. The zero-order valence-electron chi connectivity index (χ0n) is 11.2. The van der Waals surface area contributed by atoms with Gasteiger partial charge in [-0.05, 0) is 25.2 Å². The fraction of sp³-hybridized carbons (Fsp3) is 0.692. The van der Waals surface area contributed by atoms with Gasteiger partial charge in [0.2, 0.25) is 5.88 Å². The van der Waals surface area contributed by atoms with E-state index < -0.39 is 0 Å². The van der Waals surface area contributed by atoms with E-state index in [9.17, 15) is 0 Å². The van der Waals surface area contributed by atoms with Crippen LogP contribution in [-0.4, -0.2) is 29.0 Å². The first-order chi connectivity index (χ1) is 8.76. The van der Waals surface area contributed by atoms with Gasteiger partial charge in [-0.2, -0.15) is 4.98 Å². The van der Waals surface area contributed by atoms with Gasteiger partial charge in [-0.25, -0.2) is 0 Å². The maximum atomic E-state index is 5.76. The normalized spacial score (nSPS) is 12.2. The van der Waals surface area contributed by atoms with Crippen LogP contribution in [0, 0.1) is 5.92 Å². The summed E-state index contributed by atoms with van der Waals surface area (Å²) in [7, 11) is 0. The van der Waals surface area contributed by atoms with Gasteiger partial charge in [-0.3, -0.25) is 4.98 Å². The van der Waals surface area contributed by atoms with Crippen LogP contribution in [-0.2, 0) is 0 Å². The van der Waals surface area contributed by atoms with Crippen LogP contribution in [0.4, 0.5) is 5.82 Å². The van der Waals surface area contributed by atoms with Crippen molar-refractivity contribution in [1.82, 2.24) is 9.97 Å². The van der Waals surface area contributed by atoms with E-state index in [0.717, 1.165) is 37.5 Å². The summed E-state index contributed by atoms with van der Waals surface area (Å²) in [6.45, 7) is 5.78. The second-order valence-electron chi connectivity index (χ2n) is 4.42. The second kappa shape index (κ2) is 8.97. The van der Waals surface area contributed by atoms with Crippen molar-refractivity contribution in [3.63, 3.8) is 0 Å². The molecule has 1 rings (SSSR count). The van der Waals surface area contributed by atoms with Crippen molar-refractivity contribution in [2.24, 2.45) is 5.92 Å². The average molecular weight is 272 g/mol. The van der Waals surface area contributed by atoms with Crippen LogP contribution >= 0.6 is 11.6 Å². The molecule has 1 N–H and O–H groups in total. The SMILES string of the molecule is CCCOc1cncc(NCCCC(C)CCl)n1. The van der Waals surface area contributed by atoms with Gasteiger partial charge in [0.1, 0.15) is 5.82 Å². The van der Waals surface area contributed by atoms with Gasteiger partial charge in [0.25, 0.3) is 0 Å². The molecule has 0 radical (unpaired) electrons. The number of hydrogen-bond acceptors (Lipinski definition) is 4. The summed E-state index contributed by atoms with van der Waals surface area (Å²) >= 11 is 5.76. The Morgan fingerprint density at radius 3 is 3.00 bits per heavy atom. The molecule has 0 aliphatic rings. The minimum Gasteiger partial charge on any atom is -0.477 e. The largest absolute Gasteiger partial charge is 0.477 e. The zero-order valence-corrected chi connectivity index (χ0v) is 11.9. The lowest BCUT2D eigenvalue weighted by atomic mass is 10.1. The van der Waals surface area contributed by atoms with Gasteiger partial charge >= 0.3 is 0 Å². The van der Waals surface area contributed by atoms with Crippen LogP contribution in [0.25, 0.3) is 0 Å². The van der Waals surface area contributed by atoms with Gasteiger partial charge in [-0.15, -0.1) is 11.6 Å². The lowest BCUT2D eigenvalue weighted by Crippen LogP contribution is -2.07. The Hall–Kier alpha value is -1.03. The summed E-state index contributed by atoms with van der Waals surface area (Å²) in [4.78, 5) is 8.42. The van der Waals surface area contributed by atoms with Gasteiger partial charge in [-0.1, -0.05) is 13.8 Å². The van der Waals surface area contributed by atoms with Crippen molar-refractivity contribution in [2.45, 2.75) is 33.1 Å². The highest BCUT2D eigenvalue weighted by atomic mass is 35.5. The maximum Gasteiger partial charge on any atom is 0.234 e. The molecule has 0 amide bonds. The monoisotopic (exact) mass is 271 g/mol. The third kappa shape index (κ3) is 6.05. The summed E-state index contributed by atoms with van der Waals surface area (Å²) in [5.74, 6) is 2.64. The fourth-order valence-corrected chi connectivity index (χ4v) is 1.61. The Morgan fingerprint density at radius 2 is 2.28 bits per heavy atom. The van der Waals surface area contributed by atoms with Crippen molar-refractivity contribution in [3.8, 4) is 5.88 Å². The summed E-state index contributed by atoms with van der Waals surface area (Å²) in [6, 6.07) is 0. The number of alkyl halides is 1. The van der Waals surface area contributed by atoms with Gasteiger partial charge in [0.05, 0.1) is 19.0 Å². The third-order valence-corrected chi connectivity index (χ3v) is 3.04. The lowest BCUT2D eigenvalue weighted by molar-refractivity contribution is 0.304. The molecule has 1 heterocycles. The van der Waals surface area contributed by atoms with E-state index in [2.05, 4.69) is 29.1 Å². The fourth-order valence-electron chi connectivity index (χ4n) is 1.45. The van der Waals surface area contributed by atoms with E-state index in [0.29, 0.717) is 18.4 Å². The molecule has 0 aromatic carbocycles. The molecule has 102 valence electrons. The third-order valence-electron chi connectivity index (χ3n) is 2.51. The summed E-state index contributed by atoms with van der Waals surface area (Å²) in [6.07, 6.45) is 6.52. The van der Waals surface area contributed by atoms with Crippen LogP contribution in [0.15, 0.2) is 12.4 Å². The van der Waals surface area contributed by atoms with E-state index in [1.807, 2.05) is 0 Å². The van der Waals surface area contributed by atoms with E-state index in [-0.39, 0.29) is 0 Å². The van der Waals surface area contributed by atoms with Gasteiger partial charge in [0.15, 0.2) is 0 Å². The van der Waals surface area contributed by atoms with Crippen LogP contribution in [0.3, 0.4) is 0 Å². The number of nitrogens with zero attached hydrogens (tertiary/aromatic N) is 2. The van der Waals surface area contributed by atoms with E-state index >= 15 is 0 Å². The molecule has 0 bridgehead atoms. The van der Waals surface area contributed by atoms with Crippen LogP contribution < -0.4 is 10.1 Å². The standard InChI is InChI=1S/C13H22ClN3O/c1-3-7-18-13-10-15-9-12(17-13)16-6-4-5-11(2)8-14/h9-11H,3-8H2,1-2H3,(H,16,17). The van der Waals surface area contributed by atoms with Crippen LogP contribution in [0.1, 0.15) is 33.1 Å². The predicted octanol–water partition coefficient (Wildman–Crippen LogP) is 3.33. The molecule has 1 aromatic heterocycles. The molecule has 0 aliphatic carbocycles. The number of anilines is 1. The molecule has 5 heteroatoms. The Bertz CT molecular complexity index is 336. The molecule has 1 atom stereocenters. The molecular formula is C13H22ClN3O. The molecular weight excluding hydrogens is 250 g/mol. The average Bonchev–Trinajstić information content (AvgIpc) is 2.41. The lowest BCUT2D eigenvalue weighted by Gasteiger charge is -2.09. The van der Waals surface area contributed by atoms with E-state index in [1.54, 1.807) is 12.4 Å². The number of hydrogen-bond donors (Lipinski definition) is 1. The quantitative estimate of drug-likeness (QED) is 0.553. The Kier molecular flexibility index (Phi) is 7.49. The van der Waals surface area contributed by atoms with E-state index in [4.69, 9.17) is 16.3 Å². The highest BCUT2D eigenvalue weighted by Gasteiger charge is 2.01. The van der Waals surface area contributed by atoms with Gasteiger partial charge < -0.3 is 10.1 Å². The van der Waals surface area contributed by atoms with Crippen molar-refractivity contribution >= 4 is 17.4 Å². The summed E-state index contributed by atoms with van der Waals surface area (Å²) in [5.41, 5.74) is 0. The molecule has 4 nitrogen and oxygen atoms in total. The number of ether oxygens (including phenoxy) is 1. The molecule has 1 aromatic rings. The van der Waals surface area contributed by atoms with Crippen LogP contribution in [0.2, 0.25) is 0 Å². The molecule has 1 unspecified atom stereocenters. The number of aromatic nitrogens is 2. The molecule has 0 fully saturated rings. The maximum absolute atomic E-state index is 5.76. The first kappa shape index (κ1) is 15.0. The molecule has 0 spiro atoms. The van der Waals surface area contributed by atoms with Crippen molar-refractivity contribution < 1.29 is 4.74 Å². The predicted molar refractivity (Wildman–Crippen MR) is 75.4 cm³/mol. The van der Waals surface area contributed by atoms with Crippen LogP contribution in [0.5, 0.6) is 5.88 Å². The molecule has 0 saturated carbocycles. The molecule has 0 saturated heterocycles. The first-order valence-corrected chi connectivity index (χ1v) is 7.04. The summed E-state index contributed by atoms with van der Waals surface area (Å²) < 4.78 is 5.43. The number of halogens is 1. The van der Waals surface area contributed by atoms with E-state index in [1.165, 1.54) is 0 Å². The minimum atomic E-state index is 0.568. The van der Waals surface area contributed by atoms with Crippen molar-refractivity contribution in [1.29, 1.82) is 0 Å². The Morgan fingerprint density at radius 1 is 1.44 bits per heavy atom. The summed E-state index contributed by atoms with van der Waals surface area (Å²) in [5, 5.41) is 3.24. The van der Waals surface area contributed by atoms with Crippen molar-refractivity contribution in [2.75, 3.05) is 24.3 Å². The Balaban J connectivity index is 2.29. The Labute approximate surface area is 114 Å². The zero-order chi connectivity index (χ0) is 13.2. The van der Waals surface area contributed by atoms with Gasteiger partial charge in [0, 0.05) is 12.4 Å². The smallest absolute Gasteiger partial charge is 0.234 e. The number of rotatable bonds is 9. The molecule has 0 aliphatic heterocycles. The highest BCUT2D eigenvalue weighted by molar-refractivity contribution is 6.18. The molecule has 18 heavy (non-hydrogen) atoms. The topological polar surface area (TPSA) is 47.0 Å². The second-order valence-corrected chi connectivity index (χ2v) is 4.73. The number of nitrogens with one attached hydrogen (secondary N) is 1.